The molecular weight excluding hydrogens is 186 g/mol. The van der Waals surface area contributed by atoms with Crippen molar-refractivity contribution < 1.29 is 19.1 Å². The molecule has 0 bridgehead atoms. The molecule has 1 aliphatic heterocycles. The first kappa shape index (κ1) is 10.4. The summed E-state index contributed by atoms with van der Waals surface area (Å²) in [5.41, 5.74) is 0.438. The summed E-state index contributed by atoms with van der Waals surface area (Å²) in [7, 11) is 1.25. The van der Waals surface area contributed by atoms with Crippen molar-refractivity contribution in [2.75, 3.05) is 13.7 Å². The van der Waals surface area contributed by atoms with E-state index in [9.17, 15) is 14.4 Å². The number of amides is 1. The van der Waals surface area contributed by atoms with Crippen LogP contribution in [0.5, 0.6) is 0 Å². The molecule has 0 radical (unpaired) electrons. The Kier molecular flexibility index (Phi) is 3.01. The number of Topliss-reactive ketones (excluding diaryl/α,β-unsaturated/α-hetero) is 1. The largest absolute Gasteiger partial charge is 0.466 e. The number of nitrogens with zero attached hydrogens (tertiary/aromatic N) is 1. The molecule has 1 saturated heterocycles. The highest BCUT2D eigenvalue weighted by Crippen LogP contribution is 2.13. The summed E-state index contributed by atoms with van der Waals surface area (Å²) in [5.74, 6) is -0.935. The lowest BCUT2D eigenvalue weighted by Gasteiger charge is -2.14. The van der Waals surface area contributed by atoms with Crippen LogP contribution >= 0.6 is 0 Å². The van der Waals surface area contributed by atoms with E-state index in [-0.39, 0.29) is 24.7 Å². The van der Waals surface area contributed by atoms with Gasteiger partial charge in [0.05, 0.1) is 20.1 Å². The van der Waals surface area contributed by atoms with Gasteiger partial charge in [0, 0.05) is 11.8 Å². The lowest BCUT2D eigenvalue weighted by Crippen LogP contribution is -2.23. The number of methoxy groups -OCH3 is 1. The van der Waals surface area contributed by atoms with E-state index in [0.717, 1.165) is 0 Å². The van der Waals surface area contributed by atoms with Crippen LogP contribution in [0.25, 0.3) is 0 Å². The van der Waals surface area contributed by atoms with Gasteiger partial charge in [-0.25, -0.2) is 4.79 Å². The summed E-state index contributed by atoms with van der Waals surface area (Å²) in [6.45, 7) is 1.64. The molecule has 0 N–H and O–H groups in total. The summed E-state index contributed by atoms with van der Waals surface area (Å²) >= 11 is 0. The fourth-order valence-electron chi connectivity index (χ4n) is 1.21. The van der Waals surface area contributed by atoms with E-state index in [1.165, 1.54) is 18.1 Å². The fourth-order valence-corrected chi connectivity index (χ4v) is 1.21. The zero-order valence-electron chi connectivity index (χ0n) is 8.07. The minimum absolute atomic E-state index is 0.0537. The summed E-state index contributed by atoms with van der Waals surface area (Å²) < 4.78 is 4.40. The van der Waals surface area contributed by atoms with E-state index in [1.54, 1.807) is 6.92 Å². The third-order valence-corrected chi connectivity index (χ3v) is 1.94. The van der Waals surface area contributed by atoms with Crippen molar-refractivity contribution in [2.24, 2.45) is 0 Å². The summed E-state index contributed by atoms with van der Waals surface area (Å²) in [6, 6.07) is 0. The van der Waals surface area contributed by atoms with Crippen molar-refractivity contribution in [1.29, 1.82) is 0 Å². The van der Waals surface area contributed by atoms with E-state index in [2.05, 4.69) is 4.74 Å². The summed E-state index contributed by atoms with van der Waals surface area (Å²) in [4.78, 5) is 34.2. The Bertz CT molecular complexity index is 319. The normalized spacial score (nSPS) is 17.6. The molecule has 5 nitrogen and oxygen atoms in total. The molecule has 0 spiro atoms. The topological polar surface area (TPSA) is 63.7 Å². The lowest BCUT2D eigenvalue weighted by atomic mass is 10.3. The van der Waals surface area contributed by atoms with Gasteiger partial charge in [-0.05, 0) is 6.92 Å². The van der Waals surface area contributed by atoms with E-state index < -0.39 is 5.97 Å². The number of ketones is 1. The van der Waals surface area contributed by atoms with Gasteiger partial charge < -0.3 is 9.64 Å². The predicted octanol–water partition coefficient (Wildman–Crippen LogP) is -0.135. The minimum atomic E-state index is -0.533. The SMILES string of the molecule is COC(=O)C=C(C)N1CC(=O)CC1=O. The number of rotatable bonds is 2. The van der Waals surface area contributed by atoms with E-state index in [4.69, 9.17) is 0 Å². The van der Waals surface area contributed by atoms with Crippen molar-refractivity contribution in [2.45, 2.75) is 13.3 Å². The molecule has 0 aromatic carbocycles. The molecule has 1 amide bonds. The smallest absolute Gasteiger partial charge is 0.332 e. The number of hydrogen-bond donors (Lipinski definition) is 0. The van der Waals surface area contributed by atoms with Gasteiger partial charge in [0.25, 0.3) is 0 Å². The molecular formula is C9H11NO4. The van der Waals surface area contributed by atoms with Crippen LogP contribution in [0.3, 0.4) is 0 Å². The van der Waals surface area contributed by atoms with Crippen LogP contribution < -0.4 is 0 Å². The van der Waals surface area contributed by atoms with Crippen molar-refractivity contribution in [3.63, 3.8) is 0 Å². The van der Waals surface area contributed by atoms with Gasteiger partial charge in [-0.1, -0.05) is 0 Å². The molecule has 1 aliphatic rings. The molecule has 0 saturated carbocycles. The average molecular weight is 197 g/mol. The Hall–Kier alpha value is -1.65. The third kappa shape index (κ3) is 2.18. The molecule has 14 heavy (non-hydrogen) atoms. The van der Waals surface area contributed by atoms with Gasteiger partial charge in [-0.2, -0.15) is 0 Å². The first-order chi connectivity index (χ1) is 6.54. The fraction of sp³-hybridized carbons (Fsp3) is 0.444. The second-order valence-corrected chi connectivity index (χ2v) is 3.00. The molecule has 0 aromatic rings. The quantitative estimate of drug-likeness (QED) is 0.351. The molecule has 0 aliphatic carbocycles. The monoisotopic (exact) mass is 197 g/mol. The van der Waals surface area contributed by atoms with Crippen LogP contribution in [0.4, 0.5) is 0 Å². The zero-order valence-corrected chi connectivity index (χ0v) is 8.07. The zero-order chi connectivity index (χ0) is 10.7. The number of esters is 1. The Balaban J connectivity index is 2.74. The third-order valence-electron chi connectivity index (χ3n) is 1.94. The Morgan fingerprint density at radius 1 is 1.50 bits per heavy atom. The number of hydrogen-bond acceptors (Lipinski definition) is 4. The highest BCUT2D eigenvalue weighted by atomic mass is 16.5. The first-order valence-electron chi connectivity index (χ1n) is 4.13. The van der Waals surface area contributed by atoms with Crippen LogP contribution in [0.2, 0.25) is 0 Å². The number of carbonyl (C=O) groups excluding carboxylic acids is 3. The summed E-state index contributed by atoms with van der Waals surface area (Å²) in [6.07, 6.45) is 1.11. The highest BCUT2D eigenvalue weighted by Gasteiger charge is 2.28. The molecule has 0 unspecified atom stereocenters. The molecule has 0 atom stereocenters. The van der Waals surface area contributed by atoms with Gasteiger partial charge in [-0.3, -0.25) is 9.59 Å². The minimum Gasteiger partial charge on any atom is -0.466 e. The number of ether oxygens (including phenoxy) is 1. The Labute approximate surface area is 81.3 Å². The van der Waals surface area contributed by atoms with Crippen LogP contribution in [0.15, 0.2) is 11.8 Å². The maximum absolute atomic E-state index is 11.2. The highest BCUT2D eigenvalue weighted by molar-refractivity contribution is 6.06. The number of allylic oxidation sites excluding steroid dienone is 1. The second kappa shape index (κ2) is 4.04. The lowest BCUT2D eigenvalue weighted by molar-refractivity contribution is -0.135. The van der Waals surface area contributed by atoms with E-state index in [1.807, 2.05) is 0 Å². The molecule has 5 heteroatoms. The standard InChI is InChI=1S/C9H11NO4/c1-6(3-9(13)14-2)10-5-7(11)4-8(10)12/h3H,4-5H2,1-2H3. The number of likely N-dealkylation sites (tertiary alicyclic amines) is 1. The van der Waals surface area contributed by atoms with Gasteiger partial charge in [-0.15, -0.1) is 0 Å². The first-order valence-corrected chi connectivity index (χ1v) is 4.13. The van der Waals surface area contributed by atoms with Gasteiger partial charge in [0.2, 0.25) is 5.91 Å². The molecule has 1 rings (SSSR count). The second-order valence-electron chi connectivity index (χ2n) is 3.00. The van der Waals surface area contributed by atoms with Crippen LogP contribution in [0.1, 0.15) is 13.3 Å². The van der Waals surface area contributed by atoms with Gasteiger partial charge in [0.1, 0.15) is 0 Å². The molecule has 1 heterocycles. The predicted molar refractivity (Wildman–Crippen MR) is 47.1 cm³/mol. The number of carbonyl (C=O) groups is 3. The maximum Gasteiger partial charge on any atom is 0.332 e. The Morgan fingerprint density at radius 2 is 2.14 bits per heavy atom. The van der Waals surface area contributed by atoms with Crippen LogP contribution in [-0.4, -0.2) is 36.2 Å². The van der Waals surface area contributed by atoms with Gasteiger partial charge >= 0.3 is 5.97 Å². The van der Waals surface area contributed by atoms with Crippen molar-refractivity contribution in [3.05, 3.63) is 11.8 Å². The van der Waals surface area contributed by atoms with Crippen LogP contribution in [0, 0.1) is 0 Å². The van der Waals surface area contributed by atoms with Gasteiger partial charge in [0.15, 0.2) is 5.78 Å². The van der Waals surface area contributed by atoms with Crippen molar-refractivity contribution in [1.82, 2.24) is 4.90 Å². The van der Waals surface area contributed by atoms with Crippen molar-refractivity contribution in [3.8, 4) is 0 Å². The average Bonchev–Trinajstić information content (AvgIpc) is 2.45. The van der Waals surface area contributed by atoms with Crippen LogP contribution in [-0.2, 0) is 19.1 Å². The van der Waals surface area contributed by atoms with E-state index in [0.29, 0.717) is 5.70 Å². The molecule has 1 fully saturated rings. The summed E-state index contributed by atoms with van der Waals surface area (Å²) in [5, 5.41) is 0. The molecule has 0 aromatic heterocycles. The Morgan fingerprint density at radius 3 is 2.57 bits per heavy atom. The van der Waals surface area contributed by atoms with Crippen molar-refractivity contribution >= 4 is 17.7 Å². The van der Waals surface area contributed by atoms with E-state index >= 15 is 0 Å². The molecule has 76 valence electrons. The maximum atomic E-state index is 11.2.